The van der Waals surface area contributed by atoms with Crippen LogP contribution in [-0.4, -0.2) is 38.4 Å². The number of carbonyl (C=O) groups is 1. The van der Waals surface area contributed by atoms with E-state index in [1.54, 1.807) is 18.2 Å². The molecule has 1 aliphatic rings. The second-order valence-corrected chi connectivity index (χ2v) is 12.0. The molecule has 32 heavy (non-hydrogen) atoms. The molecule has 0 saturated heterocycles. The maximum absolute atomic E-state index is 13.4. The van der Waals surface area contributed by atoms with Crippen molar-refractivity contribution in [2.45, 2.75) is 49.2 Å². The molecule has 1 saturated carbocycles. The molecule has 0 aromatic heterocycles. The number of rotatable bonds is 9. The Labute approximate surface area is 204 Å². The number of amides is 1. The summed E-state index contributed by atoms with van der Waals surface area (Å²) in [4.78, 5) is 12.8. The van der Waals surface area contributed by atoms with Crippen LogP contribution in [-0.2, 0) is 14.8 Å². The van der Waals surface area contributed by atoms with E-state index in [1.165, 1.54) is 56.4 Å². The number of sulfonamides is 1. The zero-order valence-corrected chi connectivity index (χ0v) is 21.2. The number of thioether (sulfide) groups is 1. The average Bonchev–Trinajstić information content (AvgIpc) is 2.78. The number of nitrogens with one attached hydrogen (secondary N) is 1. The van der Waals surface area contributed by atoms with E-state index < -0.39 is 10.0 Å². The van der Waals surface area contributed by atoms with Gasteiger partial charge < -0.3 is 5.32 Å². The van der Waals surface area contributed by atoms with Gasteiger partial charge in [0.1, 0.15) is 6.54 Å². The quantitative estimate of drug-likeness (QED) is 0.437. The Kier molecular flexibility index (Phi) is 9.17. The topological polar surface area (TPSA) is 66.5 Å². The number of carbonyl (C=O) groups excluding carboxylic acids is 1. The van der Waals surface area contributed by atoms with Crippen molar-refractivity contribution >= 4 is 56.6 Å². The van der Waals surface area contributed by atoms with Crippen molar-refractivity contribution in [3.63, 3.8) is 0 Å². The predicted octanol–water partition coefficient (Wildman–Crippen LogP) is 5.68. The summed E-state index contributed by atoms with van der Waals surface area (Å²) in [5.41, 5.74) is 1.11. The Morgan fingerprint density at radius 2 is 1.78 bits per heavy atom. The average molecular weight is 516 g/mol. The lowest BCUT2D eigenvalue weighted by Crippen LogP contribution is -2.41. The fourth-order valence-corrected chi connectivity index (χ4v) is 6.74. The summed E-state index contributed by atoms with van der Waals surface area (Å²) in [6.45, 7) is 1.98. The number of benzene rings is 2. The van der Waals surface area contributed by atoms with Crippen LogP contribution in [0.25, 0.3) is 0 Å². The maximum atomic E-state index is 13.4. The number of hydrogen-bond donors (Lipinski definition) is 1. The van der Waals surface area contributed by atoms with E-state index >= 15 is 0 Å². The van der Waals surface area contributed by atoms with Crippen molar-refractivity contribution in [2.75, 3.05) is 23.1 Å². The molecule has 1 amide bonds. The zero-order valence-electron chi connectivity index (χ0n) is 18.0. The van der Waals surface area contributed by atoms with Gasteiger partial charge in [-0.25, -0.2) is 8.42 Å². The predicted molar refractivity (Wildman–Crippen MR) is 135 cm³/mol. The first-order valence-electron chi connectivity index (χ1n) is 10.7. The number of halogens is 2. The van der Waals surface area contributed by atoms with Gasteiger partial charge in [0.2, 0.25) is 5.91 Å². The molecule has 1 fully saturated rings. The molecule has 1 N–H and O–H groups in total. The molecule has 2 aromatic carbocycles. The van der Waals surface area contributed by atoms with Crippen molar-refractivity contribution in [3.8, 4) is 0 Å². The molecule has 5 nitrogen and oxygen atoms in total. The first kappa shape index (κ1) is 25.2. The third-order valence-electron chi connectivity index (χ3n) is 5.40. The largest absolute Gasteiger partial charge is 0.354 e. The van der Waals surface area contributed by atoms with Gasteiger partial charge in [0.25, 0.3) is 10.0 Å². The number of aryl methyl sites for hydroxylation is 1. The van der Waals surface area contributed by atoms with Gasteiger partial charge in [0, 0.05) is 22.6 Å². The first-order chi connectivity index (χ1) is 15.3. The van der Waals surface area contributed by atoms with E-state index in [-0.39, 0.29) is 28.1 Å². The van der Waals surface area contributed by atoms with Gasteiger partial charge in [0.05, 0.1) is 15.6 Å². The molecule has 0 spiro atoms. The molecule has 0 aliphatic heterocycles. The molecule has 1 aliphatic carbocycles. The summed E-state index contributed by atoms with van der Waals surface area (Å²) >= 11 is 14.3. The third kappa shape index (κ3) is 6.80. The smallest absolute Gasteiger partial charge is 0.264 e. The van der Waals surface area contributed by atoms with Gasteiger partial charge in [-0.2, -0.15) is 11.8 Å². The summed E-state index contributed by atoms with van der Waals surface area (Å²) < 4.78 is 27.9. The van der Waals surface area contributed by atoms with Gasteiger partial charge >= 0.3 is 0 Å². The van der Waals surface area contributed by atoms with E-state index in [1.807, 2.05) is 18.7 Å². The minimum absolute atomic E-state index is 0.0831. The van der Waals surface area contributed by atoms with E-state index in [0.717, 1.165) is 15.6 Å². The maximum Gasteiger partial charge on any atom is 0.264 e. The van der Waals surface area contributed by atoms with E-state index in [4.69, 9.17) is 23.2 Å². The molecule has 0 atom stereocenters. The third-order valence-corrected chi connectivity index (χ3v) is 9.11. The molecule has 0 unspecified atom stereocenters. The highest BCUT2D eigenvalue weighted by Crippen LogP contribution is 2.33. The van der Waals surface area contributed by atoms with Crippen LogP contribution in [0, 0.1) is 6.92 Å². The minimum Gasteiger partial charge on any atom is -0.354 e. The normalized spacial score (nSPS) is 14.8. The van der Waals surface area contributed by atoms with Gasteiger partial charge in [-0.1, -0.05) is 60.2 Å². The summed E-state index contributed by atoms with van der Waals surface area (Å²) in [5, 5.41) is 4.04. The van der Waals surface area contributed by atoms with Gasteiger partial charge in [-0.3, -0.25) is 9.10 Å². The Hall–Kier alpha value is -1.41. The molecule has 0 heterocycles. The molecule has 174 valence electrons. The summed E-state index contributed by atoms with van der Waals surface area (Å²) in [5.74, 6) is 0.417. The molecular formula is C23H28Cl2N2O3S2. The van der Waals surface area contributed by atoms with Crippen molar-refractivity contribution in [1.82, 2.24) is 5.32 Å². The highest BCUT2D eigenvalue weighted by Gasteiger charge is 2.29. The number of anilines is 1. The molecule has 0 radical (unpaired) electrons. The summed E-state index contributed by atoms with van der Waals surface area (Å²) in [7, 11) is -4.03. The lowest BCUT2D eigenvalue weighted by Gasteiger charge is -2.25. The minimum atomic E-state index is -4.03. The SMILES string of the molecule is Cc1ccc(S(=O)(=O)N(CC(=O)NCCSC2CCCCC2)c2cc(Cl)ccc2Cl)cc1. The van der Waals surface area contributed by atoms with Crippen LogP contribution in [0.2, 0.25) is 10.0 Å². The molecule has 0 bridgehead atoms. The van der Waals surface area contributed by atoms with Crippen molar-refractivity contribution in [3.05, 3.63) is 58.1 Å². The van der Waals surface area contributed by atoms with E-state index in [9.17, 15) is 13.2 Å². The number of hydrogen-bond acceptors (Lipinski definition) is 4. The summed E-state index contributed by atoms with van der Waals surface area (Å²) in [6, 6.07) is 11.0. The molecule has 2 aromatic rings. The van der Waals surface area contributed by atoms with Gasteiger partial charge in [-0.05, 0) is 50.1 Å². The van der Waals surface area contributed by atoms with Crippen LogP contribution < -0.4 is 9.62 Å². The van der Waals surface area contributed by atoms with Crippen molar-refractivity contribution in [2.24, 2.45) is 0 Å². The number of nitrogens with zero attached hydrogens (tertiary/aromatic N) is 1. The molecule has 9 heteroatoms. The monoisotopic (exact) mass is 514 g/mol. The zero-order chi connectivity index (χ0) is 23.1. The van der Waals surface area contributed by atoms with Crippen molar-refractivity contribution in [1.29, 1.82) is 0 Å². The molecular weight excluding hydrogens is 487 g/mol. The van der Waals surface area contributed by atoms with Crippen LogP contribution in [0.1, 0.15) is 37.7 Å². The van der Waals surface area contributed by atoms with E-state index in [0.29, 0.717) is 16.8 Å². The lowest BCUT2D eigenvalue weighted by atomic mass is 10.0. The fraction of sp³-hybridized carbons (Fsp3) is 0.435. The van der Waals surface area contributed by atoms with E-state index in [2.05, 4.69) is 5.32 Å². The van der Waals surface area contributed by atoms with Gasteiger partial charge in [0.15, 0.2) is 0 Å². The van der Waals surface area contributed by atoms with Crippen LogP contribution >= 0.6 is 35.0 Å². The first-order valence-corrected chi connectivity index (χ1v) is 13.9. The Balaban J connectivity index is 1.73. The lowest BCUT2D eigenvalue weighted by molar-refractivity contribution is -0.119. The van der Waals surface area contributed by atoms with Crippen LogP contribution in [0.3, 0.4) is 0 Å². The van der Waals surface area contributed by atoms with Crippen LogP contribution in [0.15, 0.2) is 47.4 Å². The Morgan fingerprint density at radius 3 is 2.47 bits per heavy atom. The summed E-state index contributed by atoms with van der Waals surface area (Å²) in [6.07, 6.45) is 6.32. The molecule has 3 rings (SSSR count). The van der Waals surface area contributed by atoms with Crippen molar-refractivity contribution < 1.29 is 13.2 Å². The highest BCUT2D eigenvalue weighted by atomic mass is 35.5. The van der Waals surface area contributed by atoms with Crippen LogP contribution in [0.4, 0.5) is 5.69 Å². The highest BCUT2D eigenvalue weighted by molar-refractivity contribution is 7.99. The standard InChI is InChI=1S/C23H28Cl2N2O3S2/c1-17-7-10-20(11-8-17)32(29,30)27(22-15-18(24)9-12-21(22)25)16-23(28)26-13-14-31-19-5-3-2-4-6-19/h7-12,15,19H,2-6,13-14,16H2,1H3,(H,26,28). The second kappa shape index (κ2) is 11.6. The van der Waals surface area contributed by atoms with Crippen LogP contribution in [0.5, 0.6) is 0 Å². The Bertz CT molecular complexity index is 1020. The van der Waals surface area contributed by atoms with Gasteiger partial charge in [-0.15, -0.1) is 0 Å². The Morgan fingerprint density at radius 1 is 1.09 bits per heavy atom. The fourth-order valence-electron chi connectivity index (χ4n) is 3.65. The second-order valence-electron chi connectivity index (χ2n) is 7.90.